The highest BCUT2D eigenvalue weighted by atomic mass is 79.9. The number of halogens is 1. The number of anilines is 2. The van der Waals surface area contributed by atoms with Gasteiger partial charge in [0.05, 0.1) is 12.1 Å². The summed E-state index contributed by atoms with van der Waals surface area (Å²) in [5.41, 5.74) is 6.09. The molecular weight excluding hydrogens is 524 g/mol. The molecule has 0 aliphatic rings. The average molecular weight is 549 g/mol. The van der Waals surface area contributed by atoms with Crippen LogP contribution in [0.15, 0.2) is 71.2 Å². The third-order valence-electron chi connectivity index (χ3n) is 5.56. The summed E-state index contributed by atoms with van der Waals surface area (Å²) < 4.78 is 7.57. The van der Waals surface area contributed by atoms with Gasteiger partial charge in [-0.1, -0.05) is 34.1 Å². The number of carbonyl (C=O) groups is 3. The highest BCUT2D eigenvalue weighted by Crippen LogP contribution is 2.25. The standard InChI is InChI=1S/C27H25BrN4O4/c1-4-36-21-11-9-20(10-12-21)29-25(33)23-15-18-14-19(28)8-13-22(18)32(23)31-27(35)26(34)30-24-16(2)6-5-7-17(24)3/h5-15H,4H2,1-3H3,(H,29,33)(H,30,34)(H,31,35). The molecule has 0 atom stereocenters. The van der Waals surface area contributed by atoms with Crippen LogP contribution in [-0.4, -0.2) is 29.0 Å². The number of aromatic nitrogens is 1. The zero-order valence-corrected chi connectivity index (χ0v) is 21.6. The van der Waals surface area contributed by atoms with Crippen LogP contribution in [-0.2, 0) is 9.59 Å². The fraction of sp³-hybridized carbons (Fsp3) is 0.148. The van der Waals surface area contributed by atoms with Crippen molar-refractivity contribution in [1.29, 1.82) is 0 Å². The molecule has 0 radical (unpaired) electrons. The van der Waals surface area contributed by atoms with Gasteiger partial charge in [0.25, 0.3) is 5.91 Å². The van der Waals surface area contributed by atoms with Crippen molar-refractivity contribution in [3.63, 3.8) is 0 Å². The Labute approximate surface area is 216 Å². The van der Waals surface area contributed by atoms with E-state index < -0.39 is 17.7 Å². The molecule has 1 aromatic heterocycles. The molecule has 184 valence electrons. The molecule has 0 aliphatic heterocycles. The summed E-state index contributed by atoms with van der Waals surface area (Å²) in [4.78, 5) is 38.8. The fourth-order valence-electron chi connectivity index (χ4n) is 3.80. The molecule has 0 unspecified atom stereocenters. The first-order chi connectivity index (χ1) is 17.3. The lowest BCUT2D eigenvalue weighted by atomic mass is 10.1. The minimum absolute atomic E-state index is 0.158. The number of amides is 3. The minimum Gasteiger partial charge on any atom is -0.494 e. The molecule has 3 amide bonds. The molecule has 1 heterocycles. The van der Waals surface area contributed by atoms with E-state index in [1.165, 1.54) is 4.68 Å². The fourth-order valence-corrected chi connectivity index (χ4v) is 4.18. The van der Waals surface area contributed by atoms with E-state index in [0.29, 0.717) is 34.6 Å². The van der Waals surface area contributed by atoms with Crippen LogP contribution in [0.3, 0.4) is 0 Å². The maximum absolute atomic E-state index is 13.2. The molecule has 3 N–H and O–H groups in total. The zero-order chi connectivity index (χ0) is 25.8. The van der Waals surface area contributed by atoms with Gasteiger partial charge in [0, 0.05) is 21.2 Å². The summed E-state index contributed by atoms with van der Waals surface area (Å²) in [6.45, 7) is 6.13. The van der Waals surface area contributed by atoms with Crippen LogP contribution >= 0.6 is 15.9 Å². The van der Waals surface area contributed by atoms with Gasteiger partial charge in [-0.25, -0.2) is 4.68 Å². The van der Waals surface area contributed by atoms with E-state index in [-0.39, 0.29) is 5.69 Å². The highest BCUT2D eigenvalue weighted by molar-refractivity contribution is 9.10. The van der Waals surface area contributed by atoms with Crippen LogP contribution in [0.5, 0.6) is 5.75 Å². The number of ether oxygens (including phenoxy) is 1. The number of nitrogens with zero attached hydrogens (tertiary/aromatic N) is 1. The van der Waals surface area contributed by atoms with Crippen molar-refractivity contribution < 1.29 is 19.1 Å². The number of fused-ring (bicyclic) bond motifs is 1. The molecule has 8 nitrogen and oxygen atoms in total. The highest BCUT2D eigenvalue weighted by Gasteiger charge is 2.22. The summed E-state index contributed by atoms with van der Waals surface area (Å²) in [5.74, 6) is -1.52. The van der Waals surface area contributed by atoms with Crippen LogP contribution in [0.4, 0.5) is 11.4 Å². The minimum atomic E-state index is -0.909. The van der Waals surface area contributed by atoms with Crippen LogP contribution in [0, 0.1) is 13.8 Å². The number of benzene rings is 3. The van der Waals surface area contributed by atoms with E-state index in [9.17, 15) is 14.4 Å². The van der Waals surface area contributed by atoms with Gasteiger partial charge in [-0.2, -0.15) is 0 Å². The second-order valence-corrected chi connectivity index (χ2v) is 9.06. The van der Waals surface area contributed by atoms with E-state index in [2.05, 4.69) is 32.0 Å². The summed E-state index contributed by atoms with van der Waals surface area (Å²) in [5, 5.41) is 6.19. The number of nitrogens with one attached hydrogen (secondary N) is 3. The van der Waals surface area contributed by atoms with E-state index in [1.807, 2.05) is 45.0 Å². The quantitative estimate of drug-likeness (QED) is 0.281. The van der Waals surface area contributed by atoms with Gasteiger partial charge in [-0.15, -0.1) is 0 Å². The van der Waals surface area contributed by atoms with Crippen molar-refractivity contribution in [2.45, 2.75) is 20.8 Å². The summed E-state index contributed by atoms with van der Waals surface area (Å²) >= 11 is 3.43. The molecule has 3 aromatic carbocycles. The first-order valence-corrected chi connectivity index (χ1v) is 12.1. The number of hydrogen-bond acceptors (Lipinski definition) is 4. The van der Waals surface area contributed by atoms with E-state index in [0.717, 1.165) is 15.6 Å². The third-order valence-corrected chi connectivity index (χ3v) is 6.05. The summed E-state index contributed by atoms with van der Waals surface area (Å²) in [7, 11) is 0. The predicted molar refractivity (Wildman–Crippen MR) is 144 cm³/mol. The Balaban J connectivity index is 1.61. The number of para-hydroxylation sites is 1. The molecular formula is C27H25BrN4O4. The van der Waals surface area contributed by atoms with Gasteiger partial charge in [-0.3, -0.25) is 19.8 Å². The van der Waals surface area contributed by atoms with Gasteiger partial charge in [0.15, 0.2) is 0 Å². The van der Waals surface area contributed by atoms with E-state index in [4.69, 9.17) is 4.74 Å². The topological polar surface area (TPSA) is 101 Å². The van der Waals surface area contributed by atoms with E-state index in [1.54, 1.807) is 42.5 Å². The van der Waals surface area contributed by atoms with Crippen LogP contribution < -0.4 is 20.8 Å². The summed E-state index contributed by atoms with van der Waals surface area (Å²) in [6, 6.07) is 19.5. The SMILES string of the molecule is CCOc1ccc(NC(=O)c2cc3cc(Br)ccc3n2NC(=O)C(=O)Nc2c(C)cccc2C)cc1. The first-order valence-electron chi connectivity index (χ1n) is 11.3. The largest absolute Gasteiger partial charge is 0.494 e. The van der Waals surface area contributed by atoms with Gasteiger partial charge in [0.1, 0.15) is 11.4 Å². The van der Waals surface area contributed by atoms with Gasteiger partial charge < -0.3 is 15.4 Å². The number of rotatable bonds is 6. The van der Waals surface area contributed by atoms with Crippen molar-refractivity contribution in [2.24, 2.45) is 0 Å². The Bertz CT molecular complexity index is 1440. The summed E-state index contributed by atoms with van der Waals surface area (Å²) in [6.07, 6.45) is 0. The van der Waals surface area contributed by atoms with Gasteiger partial charge >= 0.3 is 11.8 Å². The Morgan fingerprint density at radius 3 is 2.25 bits per heavy atom. The normalized spacial score (nSPS) is 10.7. The molecule has 0 saturated carbocycles. The smallest absolute Gasteiger partial charge is 0.328 e. The van der Waals surface area contributed by atoms with Crippen molar-refractivity contribution in [3.8, 4) is 5.75 Å². The predicted octanol–water partition coefficient (Wildman–Crippen LogP) is 5.38. The molecule has 9 heteroatoms. The molecule has 36 heavy (non-hydrogen) atoms. The van der Waals surface area contributed by atoms with Crippen molar-refractivity contribution in [1.82, 2.24) is 4.68 Å². The Morgan fingerprint density at radius 1 is 0.889 bits per heavy atom. The first kappa shape index (κ1) is 25.0. The molecule has 0 spiro atoms. The van der Waals surface area contributed by atoms with Crippen LogP contribution in [0.1, 0.15) is 28.5 Å². The average Bonchev–Trinajstić information content (AvgIpc) is 3.20. The zero-order valence-electron chi connectivity index (χ0n) is 20.0. The lowest BCUT2D eigenvalue weighted by Gasteiger charge is -2.14. The maximum Gasteiger partial charge on any atom is 0.328 e. The molecule has 0 fully saturated rings. The maximum atomic E-state index is 13.2. The molecule has 0 saturated heterocycles. The number of carbonyl (C=O) groups excluding carboxylic acids is 3. The number of hydrogen-bond donors (Lipinski definition) is 3. The van der Waals surface area contributed by atoms with Crippen LogP contribution in [0.25, 0.3) is 10.9 Å². The monoisotopic (exact) mass is 548 g/mol. The van der Waals surface area contributed by atoms with Crippen LogP contribution in [0.2, 0.25) is 0 Å². The lowest BCUT2D eigenvalue weighted by molar-refractivity contribution is -0.133. The van der Waals surface area contributed by atoms with Gasteiger partial charge in [0.2, 0.25) is 0 Å². The van der Waals surface area contributed by atoms with Crippen molar-refractivity contribution in [2.75, 3.05) is 22.7 Å². The second kappa shape index (κ2) is 10.7. The Kier molecular flexibility index (Phi) is 7.40. The Morgan fingerprint density at radius 2 is 1.58 bits per heavy atom. The molecule has 4 aromatic rings. The number of aryl methyl sites for hydroxylation is 2. The van der Waals surface area contributed by atoms with E-state index >= 15 is 0 Å². The molecule has 4 rings (SSSR count). The van der Waals surface area contributed by atoms with Crippen molar-refractivity contribution >= 4 is 55.9 Å². The third kappa shape index (κ3) is 5.41. The lowest BCUT2D eigenvalue weighted by Crippen LogP contribution is -2.36. The molecule has 0 aliphatic carbocycles. The van der Waals surface area contributed by atoms with Gasteiger partial charge in [-0.05, 0) is 80.4 Å². The Hall–Kier alpha value is -4.11. The van der Waals surface area contributed by atoms with Crippen molar-refractivity contribution in [3.05, 3.63) is 88.0 Å². The second-order valence-electron chi connectivity index (χ2n) is 8.14. The molecule has 0 bridgehead atoms.